The highest BCUT2D eigenvalue weighted by molar-refractivity contribution is 5.45. The maximum Gasteiger partial charge on any atom is 0.119 e. The normalized spacial score (nSPS) is 36.2. The van der Waals surface area contributed by atoms with Gasteiger partial charge in [0.2, 0.25) is 0 Å². The Morgan fingerprint density at radius 3 is 2.96 bits per heavy atom. The van der Waals surface area contributed by atoms with E-state index in [0.29, 0.717) is 5.41 Å². The summed E-state index contributed by atoms with van der Waals surface area (Å²) < 4.78 is 6.12. The molecule has 1 heterocycles. The number of fused-ring (bicyclic) bond motifs is 1. The third-order valence-electron chi connectivity index (χ3n) is 7.27. The van der Waals surface area contributed by atoms with Crippen LogP contribution in [0.1, 0.15) is 56.1 Å². The van der Waals surface area contributed by atoms with Crippen LogP contribution in [0, 0.1) is 11.8 Å². The van der Waals surface area contributed by atoms with Crippen molar-refractivity contribution in [2.75, 3.05) is 20.2 Å². The van der Waals surface area contributed by atoms with Crippen molar-refractivity contribution >= 4 is 0 Å². The first-order valence-corrected chi connectivity index (χ1v) is 9.73. The van der Waals surface area contributed by atoms with E-state index in [1.165, 1.54) is 57.9 Å². The Balaban J connectivity index is 1.53. The van der Waals surface area contributed by atoms with Crippen molar-refractivity contribution in [2.45, 2.75) is 62.8 Å². The molecular weight excluding hydrogens is 282 g/mol. The average molecular weight is 311 g/mol. The zero-order valence-corrected chi connectivity index (χ0v) is 14.4. The van der Waals surface area contributed by atoms with E-state index < -0.39 is 0 Å². The molecule has 124 valence electrons. The maximum atomic E-state index is 6.12. The van der Waals surface area contributed by atoms with Gasteiger partial charge in [-0.05, 0) is 87.2 Å². The molecule has 0 unspecified atom stereocenters. The summed E-state index contributed by atoms with van der Waals surface area (Å²) >= 11 is 0. The van der Waals surface area contributed by atoms with Crippen molar-refractivity contribution in [1.29, 1.82) is 0 Å². The average Bonchev–Trinajstić information content (AvgIpc) is 3.41. The number of hydrogen-bond acceptors (Lipinski definition) is 2. The maximum absolute atomic E-state index is 6.12. The highest BCUT2D eigenvalue weighted by Gasteiger charge is 2.53. The number of piperidine rings is 1. The minimum absolute atomic E-state index is 0.460. The molecule has 3 atom stereocenters. The summed E-state index contributed by atoms with van der Waals surface area (Å²) in [5.74, 6) is 2.84. The van der Waals surface area contributed by atoms with Crippen molar-refractivity contribution in [3.8, 4) is 5.75 Å². The summed E-state index contributed by atoms with van der Waals surface area (Å²) in [6.07, 6.45) is 11.0. The van der Waals surface area contributed by atoms with Crippen molar-refractivity contribution in [3.63, 3.8) is 0 Å². The van der Waals surface area contributed by atoms with Crippen LogP contribution in [-0.2, 0) is 11.8 Å². The van der Waals surface area contributed by atoms with E-state index in [4.69, 9.17) is 4.74 Å². The van der Waals surface area contributed by atoms with Gasteiger partial charge in [-0.15, -0.1) is 0 Å². The second-order valence-corrected chi connectivity index (χ2v) is 8.58. The predicted octanol–water partition coefficient (Wildman–Crippen LogP) is 4.16. The van der Waals surface area contributed by atoms with Gasteiger partial charge in [-0.25, -0.2) is 0 Å². The van der Waals surface area contributed by atoms with Gasteiger partial charge in [0.15, 0.2) is 0 Å². The standard InChI is InChI=1S/C21H29NO/c1-22-11-10-21-9-3-2-4-18(21)20(22)12-16-7-8-17(13-19(16)21)23-14-15-5-6-15/h7-8,13,15,18,20H,2-6,9-12,14H2,1H3/t18-,20+,21+/m1/s1. The molecule has 5 rings (SSSR count). The van der Waals surface area contributed by atoms with Gasteiger partial charge in [0.25, 0.3) is 0 Å². The summed E-state index contributed by atoms with van der Waals surface area (Å²) in [4.78, 5) is 2.65. The Kier molecular flexibility index (Phi) is 3.27. The van der Waals surface area contributed by atoms with Crippen LogP contribution in [0.2, 0.25) is 0 Å². The fourth-order valence-corrected chi connectivity index (χ4v) is 5.76. The number of nitrogens with zero attached hydrogens (tertiary/aromatic N) is 1. The van der Waals surface area contributed by atoms with Crippen LogP contribution in [-0.4, -0.2) is 31.1 Å². The fourth-order valence-electron chi connectivity index (χ4n) is 5.76. The Labute approximate surface area is 140 Å². The quantitative estimate of drug-likeness (QED) is 0.831. The first-order chi connectivity index (χ1) is 11.3. The number of ether oxygens (including phenoxy) is 1. The highest BCUT2D eigenvalue weighted by Crippen LogP contribution is 2.55. The van der Waals surface area contributed by atoms with E-state index in [9.17, 15) is 0 Å². The molecule has 0 N–H and O–H groups in total. The molecule has 0 radical (unpaired) electrons. The van der Waals surface area contributed by atoms with E-state index in [0.717, 1.165) is 30.2 Å². The minimum Gasteiger partial charge on any atom is -0.493 e. The van der Waals surface area contributed by atoms with Crippen LogP contribution in [0.4, 0.5) is 0 Å². The van der Waals surface area contributed by atoms with E-state index >= 15 is 0 Å². The third kappa shape index (κ3) is 2.25. The number of benzene rings is 1. The molecule has 0 spiro atoms. The summed E-state index contributed by atoms with van der Waals surface area (Å²) in [5, 5.41) is 0. The number of likely N-dealkylation sites (N-methyl/N-ethyl adjacent to an activating group) is 1. The van der Waals surface area contributed by atoms with Crippen molar-refractivity contribution in [3.05, 3.63) is 29.3 Å². The van der Waals surface area contributed by atoms with Gasteiger partial charge in [-0.1, -0.05) is 18.9 Å². The van der Waals surface area contributed by atoms with Crippen LogP contribution in [0.5, 0.6) is 5.75 Å². The lowest BCUT2D eigenvalue weighted by atomic mass is 9.52. The molecule has 1 saturated heterocycles. The number of hydrogen-bond donors (Lipinski definition) is 0. The van der Waals surface area contributed by atoms with Crippen LogP contribution in [0.15, 0.2) is 18.2 Å². The smallest absolute Gasteiger partial charge is 0.119 e. The molecule has 2 nitrogen and oxygen atoms in total. The van der Waals surface area contributed by atoms with Gasteiger partial charge in [-0.3, -0.25) is 0 Å². The fraction of sp³-hybridized carbons (Fsp3) is 0.714. The largest absolute Gasteiger partial charge is 0.493 e. The van der Waals surface area contributed by atoms with E-state index in [1.807, 2.05) is 0 Å². The van der Waals surface area contributed by atoms with E-state index in [-0.39, 0.29) is 0 Å². The molecule has 4 aliphatic rings. The zero-order chi connectivity index (χ0) is 15.4. The molecule has 2 bridgehead atoms. The number of likely N-dealkylation sites (tertiary alicyclic amines) is 1. The molecule has 1 aromatic carbocycles. The van der Waals surface area contributed by atoms with Gasteiger partial charge in [-0.2, -0.15) is 0 Å². The molecule has 23 heavy (non-hydrogen) atoms. The van der Waals surface area contributed by atoms with Crippen LogP contribution >= 0.6 is 0 Å². The Bertz CT molecular complexity index is 608. The molecule has 3 aliphatic carbocycles. The Hall–Kier alpha value is -1.02. The first kappa shape index (κ1) is 14.3. The molecule has 3 fully saturated rings. The zero-order valence-electron chi connectivity index (χ0n) is 14.4. The Morgan fingerprint density at radius 1 is 1.17 bits per heavy atom. The topological polar surface area (TPSA) is 12.5 Å². The molecular formula is C21H29NO. The van der Waals surface area contributed by atoms with Crippen molar-refractivity contribution in [2.24, 2.45) is 11.8 Å². The molecule has 0 aromatic heterocycles. The monoisotopic (exact) mass is 311 g/mol. The van der Waals surface area contributed by atoms with Gasteiger partial charge in [0.05, 0.1) is 6.61 Å². The van der Waals surface area contributed by atoms with Crippen molar-refractivity contribution < 1.29 is 4.74 Å². The lowest BCUT2D eigenvalue weighted by Crippen LogP contribution is -2.59. The predicted molar refractivity (Wildman–Crippen MR) is 93.0 cm³/mol. The molecule has 2 heteroatoms. The van der Waals surface area contributed by atoms with Gasteiger partial charge >= 0.3 is 0 Å². The third-order valence-corrected chi connectivity index (χ3v) is 7.27. The lowest BCUT2D eigenvalue weighted by Gasteiger charge is -2.58. The van der Waals surface area contributed by atoms with Gasteiger partial charge in [0, 0.05) is 11.5 Å². The second kappa shape index (κ2) is 5.24. The summed E-state index contributed by atoms with van der Waals surface area (Å²) in [6.45, 7) is 2.20. The number of rotatable bonds is 3. The van der Waals surface area contributed by atoms with Gasteiger partial charge in [0.1, 0.15) is 5.75 Å². The summed E-state index contributed by atoms with van der Waals surface area (Å²) in [7, 11) is 2.35. The Morgan fingerprint density at radius 2 is 2.09 bits per heavy atom. The van der Waals surface area contributed by atoms with Crippen LogP contribution in [0.25, 0.3) is 0 Å². The second-order valence-electron chi connectivity index (χ2n) is 8.58. The molecule has 2 saturated carbocycles. The highest BCUT2D eigenvalue weighted by atomic mass is 16.5. The van der Waals surface area contributed by atoms with E-state index in [2.05, 4.69) is 30.1 Å². The van der Waals surface area contributed by atoms with Gasteiger partial charge < -0.3 is 9.64 Å². The molecule has 1 aromatic rings. The van der Waals surface area contributed by atoms with Crippen LogP contribution < -0.4 is 4.74 Å². The lowest BCUT2D eigenvalue weighted by molar-refractivity contribution is 0.00270. The van der Waals surface area contributed by atoms with Crippen molar-refractivity contribution in [1.82, 2.24) is 4.90 Å². The molecule has 1 aliphatic heterocycles. The van der Waals surface area contributed by atoms with E-state index in [1.54, 1.807) is 11.1 Å². The summed E-state index contributed by atoms with van der Waals surface area (Å²) in [6, 6.07) is 7.83. The first-order valence-electron chi connectivity index (χ1n) is 9.73. The SMILES string of the molecule is CN1CC[C@@]23CCCC[C@@H]2[C@@H]1Cc1ccc(OCC2CC2)cc13. The molecule has 0 amide bonds. The summed E-state index contributed by atoms with van der Waals surface area (Å²) in [5.41, 5.74) is 3.74. The van der Waals surface area contributed by atoms with Crippen LogP contribution in [0.3, 0.4) is 0 Å². The minimum atomic E-state index is 0.460.